The number of fused-ring (bicyclic) bond motifs is 1. The highest BCUT2D eigenvalue weighted by atomic mass is 16.2. The molecule has 0 spiro atoms. The third kappa shape index (κ3) is 3.13. The van der Waals surface area contributed by atoms with Gasteiger partial charge in [-0.25, -0.2) is 4.79 Å². The number of para-hydroxylation sites is 2. The lowest BCUT2D eigenvalue weighted by molar-refractivity contribution is -0.121. The molecule has 2 heterocycles. The van der Waals surface area contributed by atoms with Crippen LogP contribution in [-0.4, -0.2) is 20.0 Å². The molecule has 1 aromatic carbocycles. The van der Waals surface area contributed by atoms with Crippen molar-refractivity contribution in [3.8, 4) is 0 Å². The van der Waals surface area contributed by atoms with Gasteiger partial charge in [0.15, 0.2) is 0 Å². The first-order valence-corrected chi connectivity index (χ1v) is 7.99. The summed E-state index contributed by atoms with van der Waals surface area (Å²) in [5, 5.41) is 2.72. The fourth-order valence-electron chi connectivity index (χ4n) is 3.00. The molecule has 3 aromatic rings. The topological polar surface area (TPSA) is 88.9 Å². The lowest BCUT2D eigenvalue weighted by atomic mass is 10.1. The number of hydrogen-bond acceptors (Lipinski definition) is 3. The molecular formula is C18H20N4O3. The van der Waals surface area contributed by atoms with Gasteiger partial charge in [-0.2, -0.15) is 0 Å². The molecule has 0 aliphatic rings. The van der Waals surface area contributed by atoms with Crippen LogP contribution in [0.1, 0.15) is 16.8 Å². The van der Waals surface area contributed by atoms with Crippen LogP contribution in [0.5, 0.6) is 0 Å². The Morgan fingerprint density at radius 3 is 2.52 bits per heavy atom. The van der Waals surface area contributed by atoms with E-state index in [1.165, 1.54) is 9.13 Å². The Morgan fingerprint density at radius 1 is 1.16 bits per heavy atom. The van der Waals surface area contributed by atoms with Gasteiger partial charge >= 0.3 is 5.69 Å². The van der Waals surface area contributed by atoms with Crippen molar-refractivity contribution in [3.05, 3.63) is 68.0 Å². The number of hydrogen-bond donors (Lipinski definition) is 2. The van der Waals surface area contributed by atoms with Gasteiger partial charge in [0, 0.05) is 24.8 Å². The standard InChI is InChI=1S/C18H20N4O3/c1-11-8-12(2)20-17(24)13(11)9-19-16(23)10-22-15-7-5-4-6-14(15)21(3)18(22)25/h4-8H,9-10H2,1-3H3,(H,19,23)(H,20,24). The molecule has 7 heteroatoms. The molecular weight excluding hydrogens is 320 g/mol. The van der Waals surface area contributed by atoms with Gasteiger partial charge < -0.3 is 10.3 Å². The highest BCUT2D eigenvalue weighted by Crippen LogP contribution is 2.11. The van der Waals surface area contributed by atoms with Gasteiger partial charge in [-0.3, -0.25) is 18.7 Å². The van der Waals surface area contributed by atoms with Crippen LogP contribution in [0.3, 0.4) is 0 Å². The molecule has 7 nitrogen and oxygen atoms in total. The summed E-state index contributed by atoms with van der Waals surface area (Å²) in [6, 6.07) is 9.17. The lowest BCUT2D eigenvalue weighted by Crippen LogP contribution is -2.34. The van der Waals surface area contributed by atoms with E-state index in [4.69, 9.17) is 0 Å². The normalized spacial score (nSPS) is 11.0. The molecule has 0 unspecified atom stereocenters. The number of nitrogens with one attached hydrogen (secondary N) is 2. The third-order valence-electron chi connectivity index (χ3n) is 4.31. The third-order valence-corrected chi connectivity index (χ3v) is 4.31. The molecule has 0 saturated heterocycles. The van der Waals surface area contributed by atoms with Crippen molar-refractivity contribution in [2.45, 2.75) is 26.9 Å². The SMILES string of the molecule is Cc1cc(C)c(CNC(=O)Cn2c(=O)n(C)c3ccccc32)c(=O)[nH]1. The molecule has 2 aromatic heterocycles. The van der Waals surface area contributed by atoms with E-state index in [1.54, 1.807) is 13.1 Å². The van der Waals surface area contributed by atoms with Crippen LogP contribution in [0.25, 0.3) is 11.0 Å². The highest BCUT2D eigenvalue weighted by Gasteiger charge is 2.14. The van der Waals surface area contributed by atoms with Crippen LogP contribution >= 0.6 is 0 Å². The number of carbonyl (C=O) groups is 1. The van der Waals surface area contributed by atoms with E-state index in [1.807, 2.05) is 38.1 Å². The largest absolute Gasteiger partial charge is 0.350 e. The summed E-state index contributed by atoms with van der Waals surface area (Å²) in [5.41, 5.74) is 3.13. The molecule has 0 atom stereocenters. The second-order valence-corrected chi connectivity index (χ2v) is 6.14. The summed E-state index contributed by atoms with van der Waals surface area (Å²) >= 11 is 0. The van der Waals surface area contributed by atoms with Gasteiger partial charge in [0.05, 0.1) is 11.0 Å². The van der Waals surface area contributed by atoms with E-state index in [2.05, 4.69) is 10.3 Å². The predicted molar refractivity (Wildman–Crippen MR) is 95.6 cm³/mol. The zero-order valence-corrected chi connectivity index (χ0v) is 14.4. The number of pyridine rings is 1. The number of rotatable bonds is 4. The first-order valence-electron chi connectivity index (χ1n) is 7.99. The Bertz CT molecular complexity index is 1070. The molecule has 0 radical (unpaired) electrons. The summed E-state index contributed by atoms with van der Waals surface area (Å²) in [6.07, 6.45) is 0. The van der Waals surface area contributed by atoms with Crippen molar-refractivity contribution >= 4 is 16.9 Å². The summed E-state index contributed by atoms with van der Waals surface area (Å²) in [6.45, 7) is 3.67. The molecule has 1 amide bonds. The molecule has 0 fully saturated rings. The van der Waals surface area contributed by atoms with Crippen molar-refractivity contribution in [3.63, 3.8) is 0 Å². The quantitative estimate of drug-likeness (QED) is 0.741. The van der Waals surface area contributed by atoms with Gasteiger partial charge in [-0.15, -0.1) is 0 Å². The zero-order chi connectivity index (χ0) is 18.1. The minimum atomic E-state index is -0.321. The van der Waals surface area contributed by atoms with Crippen LogP contribution in [0, 0.1) is 13.8 Å². The monoisotopic (exact) mass is 340 g/mol. The number of amides is 1. The predicted octanol–water partition coefficient (Wildman–Crippen LogP) is 0.962. The van der Waals surface area contributed by atoms with Crippen molar-refractivity contribution < 1.29 is 4.79 Å². The molecule has 0 saturated carbocycles. The Morgan fingerprint density at radius 2 is 1.84 bits per heavy atom. The van der Waals surface area contributed by atoms with Crippen molar-refractivity contribution in [1.82, 2.24) is 19.4 Å². The van der Waals surface area contributed by atoms with Gasteiger partial charge in [-0.1, -0.05) is 12.1 Å². The van der Waals surface area contributed by atoms with Gasteiger partial charge in [0.1, 0.15) is 6.54 Å². The van der Waals surface area contributed by atoms with Crippen LogP contribution < -0.4 is 16.6 Å². The maximum atomic E-state index is 12.3. The first-order chi connectivity index (χ1) is 11.9. The smallest absolute Gasteiger partial charge is 0.329 e. The second kappa shape index (κ2) is 6.43. The maximum Gasteiger partial charge on any atom is 0.329 e. The molecule has 25 heavy (non-hydrogen) atoms. The van der Waals surface area contributed by atoms with E-state index in [-0.39, 0.29) is 30.2 Å². The first kappa shape index (κ1) is 16.8. The van der Waals surface area contributed by atoms with Crippen molar-refractivity contribution in [1.29, 1.82) is 0 Å². The molecule has 0 aliphatic heterocycles. The van der Waals surface area contributed by atoms with Crippen LogP contribution in [-0.2, 0) is 24.9 Å². The lowest BCUT2D eigenvalue weighted by Gasteiger charge is -2.08. The average molecular weight is 340 g/mol. The Labute approximate surface area is 143 Å². The Hall–Kier alpha value is -3.09. The number of nitrogens with zero attached hydrogens (tertiary/aromatic N) is 2. The summed E-state index contributed by atoms with van der Waals surface area (Å²) in [4.78, 5) is 39.3. The summed E-state index contributed by atoms with van der Waals surface area (Å²) in [7, 11) is 1.67. The van der Waals surface area contributed by atoms with Crippen LogP contribution in [0.4, 0.5) is 0 Å². The van der Waals surface area contributed by atoms with Gasteiger partial charge in [0.25, 0.3) is 5.56 Å². The van der Waals surface area contributed by atoms with E-state index >= 15 is 0 Å². The maximum absolute atomic E-state index is 12.3. The molecule has 2 N–H and O–H groups in total. The van der Waals surface area contributed by atoms with Gasteiger partial charge in [-0.05, 0) is 37.6 Å². The fourth-order valence-corrected chi connectivity index (χ4v) is 3.00. The Balaban J connectivity index is 1.80. The number of aryl methyl sites for hydroxylation is 3. The fraction of sp³-hybridized carbons (Fsp3) is 0.278. The van der Waals surface area contributed by atoms with Crippen molar-refractivity contribution in [2.24, 2.45) is 7.05 Å². The minimum absolute atomic E-state index is 0.0942. The van der Waals surface area contributed by atoms with Crippen molar-refractivity contribution in [2.75, 3.05) is 0 Å². The number of aromatic amines is 1. The van der Waals surface area contributed by atoms with E-state index in [9.17, 15) is 14.4 Å². The van der Waals surface area contributed by atoms with Gasteiger partial charge in [0.2, 0.25) is 5.91 Å². The number of aromatic nitrogens is 3. The minimum Gasteiger partial charge on any atom is -0.350 e. The molecule has 0 aliphatic carbocycles. The number of carbonyl (C=O) groups excluding carboxylic acids is 1. The van der Waals surface area contributed by atoms with E-state index < -0.39 is 0 Å². The van der Waals surface area contributed by atoms with E-state index in [0.29, 0.717) is 11.1 Å². The molecule has 0 bridgehead atoms. The molecule has 130 valence electrons. The van der Waals surface area contributed by atoms with E-state index in [0.717, 1.165) is 16.8 Å². The van der Waals surface area contributed by atoms with Crippen LogP contribution in [0.15, 0.2) is 39.9 Å². The summed E-state index contributed by atoms with van der Waals surface area (Å²) in [5.74, 6) is -0.321. The zero-order valence-electron chi connectivity index (χ0n) is 14.4. The second-order valence-electron chi connectivity index (χ2n) is 6.14. The Kier molecular flexibility index (Phi) is 4.31. The highest BCUT2D eigenvalue weighted by molar-refractivity contribution is 5.80. The number of benzene rings is 1. The molecule has 3 rings (SSSR count). The average Bonchev–Trinajstić information content (AvgIpc) is 2.79. The number of H-pyrrole nitrogens is 1. The van der Waals surface area contributed by atoms with Crippen LogP contribution in [0.2, 0.25) is 0 Å². The number of imidazole rings is 1. The summed E-state index contributed by atoms with van der Waals surface area (Å²) < 4.78 is 2.94.